The molecule has 0 radical (unpaired) electrons. The average molecular weight is 388 g/mol. The van der Waals surface area contributed by atoms with Crippen LogP contribution in [0.25, 0.3) is 0 Å². The summed E-state index contributed by atoms with van der Waals surface area (Å²) in [5, 5.41) is 12.3. The van der Waals surface area contributed by atoms with Gasteiger partial charge in [-0.25, -0.2) is 0 Å². The summed E-state index contributed by atoms with van der Waals surface area (Å²) in [6.45, 7) is 5.13. The molecule has 1 atom stereocenters. The molecule has 0 rings (SSSR count). The van der Waals surface area contributed by atoms with Gasteiger partial charge in [-0.05, 0) is 25.1 Å². The van der Waals surface area contributed by atoms with Crippen molar-refractivity contribution in [2.75, 3.05) is 18.1 Å². The molecule has 0 aliphatic carbocycles. The lowest BCUT2D eigenvalue weighted by atomic mass is 10.0. The Morgan fingerprint density at radius 3 is 1.65 bits per heavy atom. The largest absolute Gasteiger partial charge is 0.480 e. The summed E-state index contributed by atoms with van der Waals surface area (Å²) in [5.74, 6) is 1.07. The number of aliphatic carboxylic acids is 1. The van der Waals surface area contributed by atoms with Crippen molar-refractivity contribution >= 4 is 17.7 Å². The first-order valence-electron chi connectivity index (χ1n) is 11.3. The molecule has 0 heterocycles. The summed E-state index contributed by atoms with van der Waals surface area (Å²) in [5.41, 5.74) is 0. The third-order valence-electron chi connectivity index (χ3n) is 4.87. The Kier molecular flexibility index (Phi) is 20.9. The summed E-state index contributed by atoms with van der Waals surface area (Å²) in [7, 11) is 0. The summed E-state index contributed by atoms with van der Waals surface area (Å²) in [4.78, 5) is 11.1. The summed E-state index contributed by atoms with van der Waals surface area (Å²) in [6, 6.07) is -0.383. The number of carboxylic acids is 1. The molecule has 4 heteroatoms. The molecule has 0 fully saturated rings. The highest BCUT2D eigenvalue weighted by molar-refractivity contribution is 7.99. The van der Waals surface area contributed by atoms with Gasteiger partial charge in [0.2, 0.25) is 0 Å². The van der Waals surface area contributed by atoms with Crippen LogP contribution in [0.15, 0.2) is 0 Å². The van der Waals surface area contributed by atoms with E-state index in [-0.39, 0.29) is 6.04 Å². The third-order valence-corrected chi connectivity index (χ3v) is 6.01. The van der Waals surface area contributed by atoms with Crippen LogP contribution in [0.1, 0.15) is 110 Å². The zero-order chi connectivity index (χ0) is 19.3. The fourth-order valence-corrected chi connectivity index (χ4v) is 4.21. The van der Waals surface area contributed by atoms with E-state index in [4.69, 9.17) is 5.11 Å². The van der Waals surface area contributed by atoms with E-state index in [1.165, 1.54) is 89.9 Å². The van der Waals surface area contributed by atoms with Crippen molar-refractivity contribution in [2.24, 2.45) is 0 Å². The van der Waals surface area contributed by atoms with Crippen LogP contribution in [0.3, 0.4) is 0 Å². The Hall–Kier alpha value is -0.220. The summed E-state index contributed by atoms with van der Waals surface area (Å²) >= 11 is 1.78. The number of hydrogen-bond acceptors (Lipinski definition) is 3. The molecule has 2 N–H and O–H groups in total. The van der Waals surface area contributed by atoms with Crippen molar-refractivity contribution in [3.63, 3.8) is 0 Å². The molecular formula is C22H45NO2S. The van der Waals surface area contributed by atoms with Gasteiger partial charge < -0.3 is 10.4 Å². The molecule has 0 aromatic rings. The van der Waals surface area contributed by atoms with E-state index in [2.05, 4.69) is 19.2 Å². The smallest absolute Gasteiger partial charge is 0.321 e. The molecule has 0 aliphatic heterocycles. The number of carbonyl (C=O) groups is 1. The van der Waals surface area contributed by atoms with Gasteiger partial charge in [-0.1, -0.05) is 97.3 Å². The molecule has 0 spiro atoms. The van der Waals surface area contributed by atoms with E-state index in [1.807, 2.05) is 0 Å². The predicted molar refractivity (Wildman–Crippen MR) is 117 cm³/mol. The Balaban J connectivity index is 3.22. The second-order valence-electron chi connectivity index (χ2n) is 7.52. The fourth-order valence-electron chi connectivity index (χ4n) is 3.14. The number of unbranched alkanes of at least 4 members (excludes halogenated alkanes) is 13. The number of carboxylic acid groups (broad SMARTS) is 1. The molecule has 0 saturated carbocycles. The van der Waals surface area contributed by atoms with Crippen molar-refractivity contribution in [3.8, 4) is 0 Å². The van der Waals surface area contributed by atoms with Gasteiger partial charge in [0.1, 0.15) is 6.04 Å². The number of rotatable bonds is 21. The minimum atomic E-state index is -0.716. The Bertz CT molecular complexity index is 300. The van der Waals surface area contributed by atoms with E-state index < -0.39 is 5.97 Å². The van der Waals surface area contributed by atoms with Crippen molar-refractivity contribution in [1.82, 2.24) is 5.32 Å². The lowest BCUT2D eigenvalue weighted by molar-refractivity contribution is -0.138. The lowest BCUT2D eigenvalue weighted by Gasteiger charge is -2.13. The van der Waals surface area contributed by atoms with Crippen LogP contribution in [-0.2, 0) is 4.79 Å². The molecule has 0 aliphatic rings. The molecule has 0 aromatic carbocycles. The van der Waals surface area contributed by atoms with Crippen LogP contribution in [0.5, 0.6) is 0 Å². The first-order chi connectivity index (χ1) is 12.7. The van der Waals surface area contributed by atoms with Gasteiger partial charge in [-0.15, -0.1) is 0 Å². The summed E-state index contributed by atoms with van der Waals surface area (Å²) < 4.78 is 0. The molecule has 0 saturated heterocycles. The Morgan fingerprint density at radius 1 is 0.769 bits per heavy atom. The molecular weight excluding hydrogens is 342 g/mol. The SMILES string of the molecule is CCCCCCCCCCCCCCCCSCC(NCCC)C(=O)O. The quantitative estimate of drug-likeness (QED) is 0.216. The second-order valence-corrected chi connectivity index (χ2v) is 8.67. The predicted octanol–water partition coefficient (Wildman–Crippen LogP) is 6.65. The average Bonchev–Trinajstić information content (AvgIpc) is 2.63. The molecule has 1 unspecified atom stereocenters. The first kappa shape index (κ1) is 25.8. The highest BCUT2D eigenvalue weighted by Crippen LogP contribution is 2.14. The van der Waals surface area contributed by atoms with Gasteiger partial charge in [0, 0.05) is 5.75 Å². The van der Waals surface area contributed by atoms with E-state index in [0.29, 0.717) is 5.75 Å². The van der Waals surface area contributed by atoms with E-state index in [0.717, 1.165) is 18.7 Å². The van der Waals surface area contributed by atoms with Crippen LogP contribution >= 0.6 is 11.8 Å². The van der Waals surface area contributed by atoms with Crippen LogP contribution in [0, 0.1) is 0 Å². The van der Waals surface area contributed by atoms with Crippen LogP contribution in [0.2, 0.25) is 0 Å². The molecule has 26 heavy (non-hydrogen) atoms. The van der Waals surface area contributed by atoms with Crippen molar-refractivity contribution in [3.05, 3.63) is 0 Å². The van der Waals surface area contributed by atoms with Crippen LogP contribution in [-0.4, -0.2) is 35.2 Å². The highest BCUT2D eigenvalue weighted by Gasteiger charge is 2.15. The first-order valence-corrected chi connectivity index (χ1v) is 12.4. The lowest BCUT2D eigenvalue weighted by Crippen LogP contribution is -2.39. The highest BCUT2D eigenvalue weighted by atomic mass is 32.2. The Morgan fingerprint density at radius 2 is 1.23 bits per heavy atom. The molecule has 3 nitrogen and oxygen atoms in total. The van der Waals surface area contributed by atoms with Gasteiger partial charge in [0.15, 0.2) is 0 Å². The minimum absolute atomic E-state index is 0.383. The zero-order valence-electron chi connectivity index (χ0n) is 17.6. The molecule has 0 aromatic heterocycles. The van der Waals surface area contributed by atoms with Crippen molar-refractivity contribution in [1.29, 1.82) is 0 Å². The maximum Gasteiger partial charge on any atom is 0.321 e. The third kappa shape index (κ3) is 18.6. The number of thioether (sulfide) groups is 1. The standard InChI is InChI=1S/C22H45NO2S/c1-3-5-6-7-8-9-10-11-12-13-14-15-16-17-19-26-20-21(22(24)25)23-18-4-2/h21,23H,3-20H2,1-2H3,(H,24,25). The zero-order valence-corrected chi connectivity index (χ0v) is 18.4. The number of hydrogen-bond donors (Lipinski definition) is 2. The summed E-state index contributed by atoms with van der Waals surface area (Å²) in [6.07, 6.45) is 20.4. The van der Waals surface area contributed by atoms with Crippen molar-refractivity contribution < 1.29 is 9.90 Å². The van der Waals surface area contributed by atoms with E-state index >= 15 is 0 Å². The molecule has 156 valence electrons. The van der Waals surface area contributed by atoms with Gasteiger partial charge in [0.05, 0.1) is 0 Å². The normalized spacial score (nSPS) is 12.4. The van der Waals surface area contributed by atoms with Crippen molar-refractivity contribution in [2.45, 2.75) is 116 Å². The van der Waals surface area contributed by atoms with Gasteiger partial charge in [-0.3, -0.25) is 4.79 Å². The van der Waals surface area contributed by atoms with Crippen LogP contribution in [0.4, 0.5) is 0 Å². The monoisotopic (exact) mass is 387 g/mol. The van der Waals surface area contributed by atoms with Gasteiger partial charge >= 0.3 is 5.97 Å². The minimum Gasteiger partial charge on any atom is -0.480 e. The maximum absolute atomic E-state index is 11.1. The second kappa shape index (κ2) is 21.1. The van der Waals surface area contributed by atoms with E-state index in [1.54, 1.807) is 11.8 Å². The van der Waals surface area contributed by atoms with Crippen LogP contribution < -0.4 is 5.32 Å². The fraction of sp³-hybridized carbons (Fsp3) is 0.955. The van der Waals surface area contributed by atoms with Gasteiger partial charge in [-0.2, -0.15) is 11.8 Å². The Labute approximate surface area is 167 Å². The number of nitrogens with one attached hydrogen (secondary N) is 1. The molecule has 0 amide bonds. The van der Waals surface area contributed by atoms with Gasteiger partial charge in [0.25, 0.3) is 0 Å². The maximum atomic E-state index is 11.1. The van der Waals surface area contributed by atoms with E-state index in [9.17, 15) is 4.79 Å². The molecule has 0 bridgehead atoms. The topological polar surface area (TPSA) is 49.3 Å².